The van der Waals surface area contributed by atoms with Crippen LogP contribution in [-0.4, -0.2) is 67.1 Å². The maximum Gasteiger partial charge on any atom is 0.337 e. The molecule has 1 N–H and O–H groups in total. The third kappa shape index (κ3) is 4.15. The second-order valence-corrected chi connectivity index (χ2v) is 6.08. The van der Waals surface area contributed by atoms with E-state index in [1.165, 1.54) is 13.3 Å². The van der Waals surface area contributed by atoms with Crippen molar-refractivity contribution in [2.45, 2.75) is 0 Å². The van der Waals surface area contributed by atoms with Crippen LogP contribution >= 0.6 is 0 Å². The van der Waals surface area contributed by atoms with E-state index >= 15 is 0 Å². The Balaban J connectivity index is 1.66. The Morgan fingerprint density at radius 2 is 1.88 bits per heavy atom. The number of amides is 1. The lowest BCUT2D eigenvalue weighted by Crippen LogP contribution is -2.44. The van der Waals surface area contributed by atoms with Gasteiger partial charge in [0, 0.05) is 31.9 Å². The first-order valence-corrected chi connectivity index (χ1v) is 8.32. The highest BCUT2D eigenvalue weighted by Gasteiger charge is 2.17. The van der Waals surface area contributed by atoms with E-state index in [0.717, 1.165) is 32.0 Å². The predicted octanol–water partition coefficient (Wildman–Crippen LogP) is 1.27. The number of rotatable bonds is 4. The first-order chi connectivity index (χ1) is 12.6. The van der Waals surface area contributed by atoms with E-state index in [1.54, 1.807) is 30.5 Å². The molecule has 136 valence electrons. The van der Waals surface area contributed by atoms with Gasteiger partial charge in [-0.25, -0.2) is 14.8 Å². The molecule has 1 aliphatic rings. The molecule has 0 aliphatic carbocycles. The van der Waals surface area contributed by atoms with E-state index in [2.05, 4.69) is 36.9 Å². The quantitative estimate of drug-likeness (QED) is 0.826. The Morgan fingerprint density at radius 3 is 2.54 bits per heavy atom. The van der Waals surface area contributed by atoms with Crippen molar-refractivity contribution in [1.82, 2.24) is 14.9 Å². The molecule has 0 unspecified atom stereocenters. The second-order valence-electron chi connectivity index (χ2n) is 6.08. The number of methoxy groups -OCH3 is 1. The Hall–Kier alpha value is -3.00. The summed E-state index contributed by atoms with van der Waals surface area (Å²) in [7, 11) is 3.40. The normalized spacial score (nSPS) is 14.8. The highest BCUT2D eigenvalue weighted by molar-refractivity contribution is 6.03. The van der Waals surface area contributed by atoms with Crippen LogP contribution in [0.2, 0.25) is 0 Å². The number of hydrogen-bond donors (Lipinski definition) is 1. The predicted molar refractivity (Wildman–Crippen MR) is 97.5 cm³/mol. The van der Waals surface area contributed by atoms with E-state index in [0.29, 0.717) is 11.3 Å². The Morgan fingerprint density at radius 1 is 1.12 bits per heavy atom. The highest BCUT2D eigenvalue weighted by Crippen LogP contribution is 2.14. The number of ether oxygens (including phenoxy) is 1. The number of nitrogens with zero attached hydrogens (tertiary/aromatic N) is 4. The molecule has 2 aromatic rings. The van der Waals surface area contributed by atoms with Crippen LogP contribution in [0.5, 0.6) is 0 Å². The monoisotopic (exact) mass is 355 g/mol. The van der Waals surface area contributed by atoms with Gasteiger partial charge in [-0.2, -0.15) is 0 Å². The second kappa shape index (κ2) is 7.92. The van der Waals surface area contributed by atoms with Crippen LogP contribution in [0.1, 0.15) is 20.8 Å². The summed E-state index contributed by atoms with van der Waals surface area (Å²) in [6.45, 7) is 3.72. The summed E-state index contributed by atoms with van der Waals surface area (Å²) < 4.78 is 4.68. The van der Waals surface area contributed by atoms with Gasteiger partial charge in [0.25, 0.3) is 5.91 Å². The van der Waals surface area contributed by atoms with Crippen LogP contribution in [0.4, 0.5) is 11.5 Å². The summed E-state index contributed by atoms with van der Waals surface area (Å²) in [5.74, 6) is -0.0794. The third-order valence-corrected chi connectivity index (χ3v) is 4.24. The van der Waals surface area contributed by atoms with Crippen molar-refractivity contribution >= 4 is 23.4 Å². The molecular weight excluding hydrogens is 334 g/mol. The topological polar surface area (TPSA) is 87.7 Å². The van der Waals surface area contributed by atoms with Gasteiger partial charge in [-0.15, -0.1) is 0 Å². The summed E-state index contributed by atoms with van der Waals surface area (Å²) in [5.41, 5.74) is 1.07. The van der Waals surface area contributed by atoms with E-state index in [9.17, 15) is 9.59 Å². The molecule has 3 rings (SSSR count). The zero-order valence-electron chi connectivity index (χ0n) is 14.8. The summed E-state index contributed by atoms with van der Waals surface area (Å²) in [5, 5.41) is 2.71. The number of aromatic nitrogens is 2. The Kier molecular flexibility index (Phi) is 5.43. The summed E-state index contributed by atoms with van der Waals surface area (Å²) in [6, 6.07) is 6.53. The number of nitrogens with one attached hydrogen (secondary N) is 1. The van der Waals surface area contributed by atoms with Gasteiger partial charge in [-0.3, -0.25) is 4.79 Å². The van der Waals surface area contributed by atoms with E-state index in [-0.39, 0.29) is 11.6 Å². The smallest absolute Gasteiger partial charge is 0.337 e. The van der Waals surface area contributed by atoms with Gasteiger partial charge in [0.15, 0.2) is 0 Å². The van der Waals surface area contributed by atoms with Crippen LogP contribution < -0.4 is 10.2 Å². The molecule has 1 saturated heterocycles. The molecule has 8 heteroatoms. The fourth-order valence-corrected chi connectivity index (χ4v) is 2.67. The molecule has 1 aromatic heterocycles. The molecule has 26 heavy (non-hydrogen) atoms. The van der Waals surface area contributed by atoms with Crippen LogP contribution in [0.25, 0.3) is 0 Å². The van der Waals surface area contributed by atoms with E-state index in [4.69, 9.17) is 0 Å². The molecule has 8 nitrogen and oxygen atoms in total. The first kappa shape index (κ1) is 17.8. The number of likely N-dealkylation sites (N-methyl/N-ethyl adjacent to an activating group) is 1. The van der Waals surface area contributed by atoms with Crippen molar-refractivity contribution in [3.05, 3.63) is 47.9 Å². The minimum atomic E-state index is -0.461. The molecule has 1 fully saturated rings. The minimum Gasteiger partial charge on any atom is -0.465 e. The summed E-state index contributed by atoms with van der Waals surface area (Å²) in [6.07, 6.45) is 3.08. The van der Waals surface area contributed by atoms with E-state index in [1.807, 2.05) is 0 Å². The van der Waals surface area contributed by atoms with Crippen LogP contribution in [0, 0.1) is 0 Å². The fraction of sp³-hybridized carbons (Fsp3) is 0.333. The van der Waals surface area contributed by atoms with Gasteiger partial charge in [0.1, 0.15) is 11.5 Å². The number of anilines is 2. The average Bonchev–Trinajstić information content (AvgIpc) is 2.68. The van der Waals surface area contributed by atoms with Crippen molar-refractivity contribution in [3.63, 3.8) is 0 Å². The fourth-order valence-electron chi connectivity index (χ4n) is 2.67. The molecule has 1 aliphatic heterocycles. The van der Waals surface area contributed by atoms with Crippen LogP contribution in [0.15, 0.2) is 36.7 Å². The number of esters is 1. The number of carbonyl (C=O) groups excluding carboxylic acids is 2. The van der Waals surface area contributed by atoms with Gasteiger partial charge in [-0.05, 0) is 25.2 Å². The number of benzene rings is 1. The van der Waals surface area contributed by atoms with Gasteiger partial charge in [0.05, 0.1) is 25.1 Å². The lowest BCUT2D eigenvalue weighted by molar-refractivity contribution is 0.0600. The standard InChI is InChI=1S/C18H21N5O3/c1-22-6-8-23(9-7-22)16-12-19-15(11-20-16)17(24)21-14-5-3-4-13(10-14)18(25)26-2/h3-5,10-12H,6-9H2,1-2H3,(H,21,24). The minimum absolute atomic E-state index is 0.214. The maximum absolute atomic E-state index is 12.3. The molecular formula is C18H21N5O3. The SMILES string of the molecule is COC(=O)c1cccc(NC(=O)c2cnc(N3CCN(C)CC3)cn2)c1. The lowest BCUT2D eigenvalue weighted by Gasteiger charge is -2.32. The Bertz CT molecular complexity index is 786. The summed E-state index contributed by atoms with van der Waals surface area (Å²) >= 11 is 0. The lowest BCUT2D eigenvalue weighted by atomic mass is 10.2. The first-order valence-electron chi connectivity index (χ1n) is 8.32. The maximum atomic E-state index is 12.3. The molecule has 0 atom stereocenters. The van der Waals surface area contributed by atoms with Crippen molar-refractivity contribution in [3.8, 4) is 0 Å². The zero-order valence-corrected chi connectivity index (χ0v) is 14.8. The molecule has 2 heterocycles. The van der Waals surface area contributed by atoms with Gasteiger partial charge >= 0.3 is 5.97 Å². The van der Waals surface area contributed by atoms with Gasteiger partial charge < -0.3 is 19.9 Å². The van der Waals surface area contributed by atoms with Crippen molar-refractivity contribution < 1.29 is 14.3 Å². The van der Waals surface area contributed by atoms with Gasteiger partial charge in [0.2, 0.25) is 0 Å². The molecule has 0 radical (unpaired) electrons. The molecule has 1 amide bonds. The third-order valence-electron chi connectivity index (χ3n) is 4.24. The summed E-state index contributed by atoms with van der Waals surface area (Å²) in [4.78, 5) is 36.9. The molecule has 0 saturated carbocycles. The van der Waals surface area contributed by atoms with Crippen molar-refractivity contribution in [2.24, 2.45) is 0 Å². The number of piperazine rings is 1. The van der Waals surface area contributed by atoms with Crippen LogP contribution in [0.3, 0.4) is 0 Å². The van der Waals surface area contributed by atoms with Crippen LogP contribution in [-0.2, 0) is 4.74 Å². The van der Waals surface area contributed by atoms with Crippen molar-refractivity contribution in [2.75, 3.05) is 50.6 Å². The molecule has 0 bridgehead atoms. The molecule has 1 aromatic carbocycles. The van der Waals surface area contributed by atoms with Gasteiger partial charge in [-0.1, -0.05) is 6.07 Å². The molecule has 0 spiro atoms. The largest absolute Gasteiger partial charge is 0.465 e. The number of carbonyl (C=O) groups is 2. The van der Waals surface area contributed by atoms with Crippen molar-refractivity contribution in [1.29, 1.82) is 0 Å². The van der Waals surface area contributed by atoms with E-state index < -0.39 is 5.97 Å². The number of hydrogen-bond acceptors (Lipinski definition) is 7. The highest BCUT2D eigenvalue weighted by atomic mass is 16.5. The zero-order chi connectivity index (χ0) is 18.5. The Labute approximate surface area is 151 Å². The average molecular weight is 355 g/mol.